The molecule has 0 amide bonds. The number of aromatic nitrogens is 1. The molecule has 1 aliphatic heterocycles. The summed E-state index contributed by atoms with van der Waals surface area (Å²) in [5.41, 5.74) is 20.9. The van der Waals surface area contributed by atoms with Gasteiger partial charge in [-0.05, 0) is 81.1 Å². The molecule has 3 fully saturated rings. The molecule has 1 spiro atoms. The van der Waals surface area contributed by atoms with Gasteiger partial charge < -0.3 is 42.0 Å². The number of aryl methyl sites for hydroxylation is 1. The number of para-hydroxylation sites is 1. The lowest BCUT2D eigenvalue weighted by molar-refractivity contribution is -0.160. The number of likely N-dealkylation sites (tertiary alicyclic amines) is 1. The Balaban J connectivity index is 0.000000317. The predicted molar refractivity (Wildman–Crippen MR) is 205 cm³/mol. The molecule has 1 aromatic heterocycles. The van der Waals surface area contributed by atoms with Crippen LogP contribution in [0.15, 0.2) is 72.8 Å². The Morgan fingerprint density at radius 1 is 1.06 bits per heavy atom. The lowest BCUT2D eigenvalue weighted by Gasteiger charge is -2.59. The van der Waals surface area contributed by atoms with E-state index in [4.69, 9.17) is 27.0 Å². The van der Waals surface area contributed by atoms with Crippen LogP contribution in [-0.4, -0.2) is 69.3 Å². The fraction of sp³-hybridized carbons (Fsp3) is 0.550. The molecule has 2 saturated carbocycles. The number of unbranched alkanes of at least 4 members (excludes halogenated alkanes) is 1. The molecule has 278 valence electrons. The number of carboxylic acids is 1. The van der Waals surface area contributed by atoms with Crippen LogP contribution in [0.5, 0.6) is 11.6 Å². The minimum absolute atomic E-state index is 0.0768. The largest absolute Gasteiger partial charge is 0.507 e. The molecule has 0 bridgehead atoms. The summed E-state index contributed by atoms with van der Waals surface area (Å²) in [5.74, 6) is 0.362. The van der Waals surface area contributed by atoms with E-state index in [1.54, 1.807) is 30.4 Å². The van der Waals surface area contributed by atoms with E-state index in [1.165, 1.54) is 12.8 Å². The second-order valence-electron chi connectivity index (χ2n) is 13.1. The molecule has 5 rings (SSSR count). The van der Waals surface area contributed by atoms with E-state index in [1.807, 2.05) is 63.9 Å². The van der Waals surface area contributed by atoms with Gasteiger partial charge in [-0.3, -0.25) is 4.79 Å². The summed E-state index contributed by atoms with van der Waals surface area (Å²) in [7, 11) is 0. The smallest absolute Gasteiger partial charge is 0.306 e. The summed E-state index contributed by atoms with van der Waals surface area (Å²) in [4.78, 5) is 19.9. The van der Waals surface area contributed by atoms with Crippen molar-refractivity contribution >= 4 is 11.7 Å². The van der Waals surface area contributed by atoms with Crippen LogP contribution in [-0.2, 0) is 4.79 Å². The minimum Gasteiger partial charge on any atom is -0.507 e. The van der Waals surface area contributed by atoms with Gasteiger partial charge in [0.1, 0.15) is 17.7 Å². The number of phenols is 1. The first-order chi connectivity index (χ1) is 24.0. The van der Waals surface area contributed by atoms with Crippen molar-refractivity contribution in [2.45, 2.75) is 105 Å². The van der Waals surface area contributed by atoms with E-state index in [0.717, 1.165) is 69.6 Å². The normalized spacial score (nSPS) is 21.3. The number of aromatic hydroxyl groups is 1. The Labute approximate surface area is 301 Å². The van der Waals surface area contributed by atoms with Crippen LogP contribution in [0.4, 0.5) is 0 Å². The van der Waals surface area contributed by atoms with Crippen LogP contribution in [0.1, 0.15) is 97.1 Å². The molecule has 10 nitrogen and oxygen atoms in total. The zero-order chi connectivity index (χ0) is 37.3. The number of nitrogens with two attached hydrogens (primary N) is 3. The summed E-state index contributed by atoms with van der Waals surface area (Å²) in [6, 6.07) is 11.5. The van der Waals surface area contributed by atoms with E-state index < -0.39 is 5.97 Å². The summed E-state index contributed by atoms with van der Waals surface area (Å²) < 4.78 is 6.00. The molecule has 2 heterocycles. The molecule has 0 radical (unpaired) electrons. The number of pyridine rings is 1. The van der Waals surface area contributed by atoms with Crippen LogP contribution >= 0.6 is 0 Å². The predicted octanol–water partition coefficient (Wildman–Crippen LogP) is 7.00. The van der Waals surface area contributed by atoms with Gasteiger partial charge in [-0.2, -0.15) is 0 Å². The summed E-state index contributed by atoms with van der Waals surface area (Å²) in [6.07, 6.45) is 14.0. The lowest BCUT2D eigenvalue weighted by Crippen LogP contribution is -2.59. The lowest BCUT2D eigenvalue weighted by atomic mass is 9.49. The van der Waals surface area contributed by atoms with Gasteiger partial charge in [0.15, 0.2) is 0 Å². The molecule has 2 aliphatic carbocycles. The van der Waals surface area contributed by atoms with Crippen molar-refractivity contribution < 1.29 is 19.7 Å². The molecule has 2 aromatic rings. The first-order valence-electron chi connectivity index (χ1n) is 18.5. The molecule has 8 N–H and O–H groups in total. The minimum atomic E-state index is -0.605. The number of allylic oxidation sites excluding steroid dienone is 1. The maximum absolute atomic E-state index is 11.0. The standard InChI is InChI=1S/C19H26N2O3.C17H26N4O.2C2H6/c1-13-2-3-17(20-12-13)24-16-4-6-21(7-5-16)15-10-19(11-15)8-14(9-19)18(22)23;1-3-5-11-21(10-4-2)15(17(19)20)12-14(18)13-8-6-7-9-16(13)22;2*1-2/h2-3,12,14-16H,4-11H2,1H3,(H,22,23);4,6-9,12,22H,2-3,5,10-11,18-20H2,1H3;2*1-2H3/b;14-12-;;. The van der Waals surface area contributed by atoms with Gasteiger partial charge in [0, 0.05) is 55.7 Å². The van der Waals surface area contributed by atoms with Crippen LogP contribution < -0.4 is 21.9 Å². The number of nitrogens with zero attached hydrogens (tertiary/aromatic N) is 3. The first-order valence-corrected chi connectivity index (χ1v) is 18.5. The van der Waals surface area contributed by atoms with Gasteiger partial charge in [-0.25, -0.2) is 4.98 Å². The van der Waals surface area contributed by atoms with Crippen molar-refractivity contribution in [1.82, 2.24) is 14.8 Å². The molecule has 3 aliphatic rings. The second-order valence-corrected chi connectivity index (χ2v) is 13.1. The van der Waals surface area contributed by atoms with E-state index in [-0.39, 0.29) is 23.6 Å². The highest BCUT2D eigenvalue weighted by atomic mass is 16.5. The topological polar surface area (TPSA) is 164 Å². The van der Waals surface area contributed by atoms with Crippen LogP contribution in [0.3, 0.4) is 0 Å². The number of aliphatic carboxylic acids is 1. The monoisotopic (exact) mass is 692 g/mol. The Hall–Kier alpha value is -4.18. The molecule has 1 aromatic carbocycles. The van der Waals surface area contributed by atoms with Gasteiger partial charge >= 0.3 is 5.97 Å². The van der Waals surface area contributed by atoms with Gasteiger partial charge in [-0.15, -0.1) is 6.58 Å². The van der Waals surface area contributed by atoms with Crippen molar-refractivity contribution in [3.8, 4) is 11.6 Å². The average Bonchev–Trinajstić information content (AvgIpc) is 3.08. The highest BCUT2D eigenvalue weighted by molar-refractivity contribution is 5.71. The number of carbonyl (C=O) groups is 1. The molecule has 1 saturated heterocycles. The maximum Gasteiger partial charge on any atom is 0.306 e. The number of ether oxygens (including phenoxy) is 1. The Morgan fingerprint density at radius 3 is 2.22 bits per heavy atom. The highest BCUT2D eigenvalue weighted by Crippen LogP contribution is 2.60. The van der Waals surface area contributed by atoms with Crippen molar-refractivity contribution in [1.29, 1.82) is 0 Å². The molecule has 10 heteroatoms. The van der Waals surface area contributed by atoms with Crippen molar-refractivity contribution in [3.05, 3.63) is 84.0 Å². The van der Waals surface area contributed by atoms with Crippen molar-refractivity contribution in [3.63, 3.8) is 0 Å². The third-order valence-electron chi connectivity index (χ3n) is 9.48. The number of piperidine rings is 1. The Morgan fingerprint density at radius 2 is 1.70 bits per heavy atom. The summed E-state index contributed by atoms with van der Waals surface area (Å²) in [6.45, 7) is 19.5. The summed E-state index contributed by atoms with van der Waals surface area (Å²) in [5, 5.41) is 18.9. The Kier molecular flexibility index (Phi) is 17.7. The van der Waals surface area contributed by atoms with E-state index in [2.05, 4.69) is 23.4 Å². The van der Waals surface area contributed by atoms with E-state index in [9.17, 15) is 9.90 Å². The third kappa shape index (κ3) is 12.0. The van der Waals surface area contributed by atoms with Gasteiger partial charge in [0.2, 0.25) is 5.88 Å². The zero-order valence-electron chi connectivity index (χ0n) is 31.4. The van der Waals surface area contributed by atoms with Crippen molar-refractivity contribution in [2.75, 3.05) is 26.2 Å². The van der Waals surface area contributed by atoms with Gasteiger partial charge in [0.25, 0.3) is 0 Å². The number of rotatable bonds is 12. The van der Waals surface area contributed by atoms with Crippen LogP contribution in [0, 0.1) is 18.3 Å². The first kappa shape index (κ1) is 42.0. The average molecular weight is 693 g/mol. The number of hydrogen-bond donors (Lipinski definition) is 5. The van der Waals surface area contributed by atoms with E-state index >= 15 is 0 Å². The Bertz CT molecular complexity index is 1370. The molecular weight excluding hydrogens is 628 g/mol. The fourth-order valence-corrected chi connectivity index (χ4v) is 6.86. The zero-order valence-corrected chi connectivity index (χ0v) is 31.4. The highest BCUT2D eigenvalue weighted by Gasteiger charge is 2.56. The third-order valence-corrected chi connectivity index (χ3v) is 9.48. The molecular formula is C40H64N6O4. The number of phenolic OH excluding ortho intramolecular Hbond substituents is 1. The van der Waals surface area contributed by atoms with Crippen molar-refractivity contribution in [2.24, 2.45) is 28.5 Å². The molecule has 0 atom stereocenters. The summed E-state index contributed by atoms with van der Waals surface area (Å²) >= 11 is 0. The van der Waals surface area contributed by atoms with Crippen LogP contribution in [0.25, 0.3) is 5.70 Å². The SMILES string of the molecule is C=CCN(CCCC)C(/C=C(\N)c1ccccc1O)=C(N)N.CC.CC.Cc1ccc(OC2CCN(C3CC4(CC(C(=O)O)C4)C3)CC2)nc1. The van der Waals surface area contributed by atoms with Gasteiger partial charge in [0.05, 0.1) is 11.6 Å². The molecule has 50 heavy (non-hydrogen) atoms. The van der Waals surface area contributed by atoms with Gasteiger partial charge in [-0.1, -0.05) is 65.3 Å². The van der Waals surface area contributed by atoms with E-state index in [0.29, 0.717) is 35.0 Å². The maximum atomic E-state index is 11.0. The quantitative estimate of drug-likeness (QED) is 0.116. The second kappa shape index (κ2) is 21.1. The number of hydrogen-bond acceptors (Lipinski definition) is 9. The van der Waals surface area contributed by atoms with Crippen LogP contribution in [0.2, 0.25) is 0 Å². The fourth-order valence-electron chi connectivity index (χ4n) is 6.86. The molecule has 0 unspecified atom stereocenters. The number of carboxylic acid groups (broad SMARTS) is 1. The number of benzene rings is 1.